The Hall–Kier alpha value is -3.62. The molecule has 7 nitrogen and oxygen atoms in total. The van der Waals surface area contributed by atoms with Gasteiger partial charge in [0.25, 0.3) is 0 Å². The summed E-state index contributed by atoms with van der Waals surface area (Å²) in [6, 6.07) is 17.6. The molecule has 0 saturated carbocycles. The highest BCUT2D eigenvalue weighted by atomic mass is 19.1. The molecule has 2 saturated heterocycles. The van der Waals surface area contributed by atoms with Crippen LogP contribution in [0.5, 0.6) is 23.0 Å². The number of ether oxygens (including phenoxy) is 6. The van der Waals surface area contributed by atoms with Crippen LogP contribution in [-0.4, -0.2) is 38.2 Å². The predicted octanol–water partition coefficient (Wildman–Crippen LogP) is 7.14. The molecule has 0 N–H and O–H groups in total. The van der Waals surface area contributed by atoms with E-state index in [0.29, 0.717) is 31.1 Å². The Morgan fingerprint density at radius 3 is 2.00 bits per heavy atom. The van der Waals surface area contributed by atoms with Crippen LogP contribution in [0.25, 0.3) is 0 Å². The van der Waals surface area contributed by atoms with Crippen molar-refractivity contribution in [2.45, 2.75) is 70.1 Å². The number of hydrogen-bond donors (Lipinski definition) is 0. The Labute approximate surface area is 239 Å². The highest BCUT2D eigenvalue weighted by Gasteiger charge is 2.41. The van der Waals surface area contributed by atoms with E-state index in [1.807, 2.05) is 55.5 Å². The van der Waals surface area contributed by atoms with Gasteiger partial charge in [0.2, 0.25) is 0 Å². The molecule has 3 heterocycles. The minimum atomic E-state index is -0.775. The second-order valence-corrected chi connectivity index (χ2v) is 10.6. The summed E-state index contributed by atoms with van der Waals surface area (Å²) in [5.74, 6) is -0.00282. The smallest absolute Gasteiger partial charge is 0.199 e. The van der Waals surface area contributed by atoms with Crippen LogP contribution in [0.4, 0.5) is 4.39 Å². The van der Waals surface area contributed by atoms with Gasteiger partial charge in [-0.25, -0.2) is 4.39 Å². The van der Waals surface area contributed by atoms with Gasteiger partial charge in [-0.15, -0.1) is 0 Å². The molecule has 0 radical (unpaired) electrons. The lowest BCUT2D eigenvalue weighted by atomic mass is 9.81. The van der Waals surface area contributed by atoms with E-state index < -0.39 is 24.1 Å². The molecule has 3 aromatic carbocycles. The van der Waals surface area contributed by atoms with Gasteiger partial charge in [0.05, 0.1) is 31.3 Å². The summed E-state index contributed by atoms with van der Waals surface area (Å²) in [6.07, 6.45) is 4.19. The zero-order valence-corrected chi connectivity index (χ0v) is 23.2. The monoisotopic (exact) mass is 562 g/mol. The van der Waals surface area contributed by atoms with E-state index in [4.69, 9.17) is 28.4 Å². The third-order valence-corrected chi connectivity index (χ3v) is 7.68. The number of Topliss-reactive ketones (excluding diaryl/α,β-unsaturated/α-hetero) is 1. The number of halogens is 1. The minimum Gasteiger partial charge on any atom is -0.494 e. The fourth-order valence-corrected chi connectivity index (χ4v) is 5.63. The highest BCUT2D eigenvalue weighted by Crippen LogP contribution is 2.46. The van der Waals surface area contributed by atoms with Gasteiger partial charge >= 0.3 is 0 Å². The van der Waals surface area contributed by atoms with Crippen LogP contribution in [0, 0.1) is 5.82 Å². The number of ketones is 1. The summed E-state index contributed by atoms with van der Waals surface area (Å²) >= 11 is 0. The van der Waals surface area contributed by atoms with Crippen molar-refractivity contribution in [1.82, 2.24) is 0 Å². The Kier molecular flexibility index (Phi) is 8.39. The van der Waals surface area contributed by atoms with Gasteiger partial charge in [-0.3, -0.25) is 4.79 Å². The molecule has 4 atom stereocenters. The maximum atomic E-state index is 15.5. The first-order chi connectivity index (χ1) is 20.1. The van der Waals surface area contributed by atoms with Crippen LogP contribution >= 0.6 is 0 Å². The molecule has 41 heavy (non-hydrogen) atoms. The lowest BCUT2D eigenvalue weighted by Gasteiger charge is -2.34. The van der Waals surface area contributed by atoms with E-state index >= 15 is 4.39 Å². The number of carbonyl (C=O) groups is 1. The van der Waals surface area contributed by atoms with Crippen LogP contribution in [0.15, 0.2) is 60.7 Å². The first-order valence-corrected chi connectivity index (χ1v) is 14.5. The van der Waals surface area contributed by atoms with Crippen LogP contribution in [-0.2, 0) is 9.47 Å². The molecular formula is C33H35FO7. The third-order valence-electron chi connectivity index (χ3n) is 7.68. The van der Waals surface area contributed by atoms with Crippen LogP contribution < -0.4 is 18.9 Å². The Balaban J connectivity index is 1.32. The van der Waals surface area contributed by atoms with Crippen molar-refractivity contribution in [3.05, 3.63) is 83.2 Å². The molecule has 216 valence electrons. The quantitative estimate of drug-likeness (QED) is 0.289. The summed E-state index contributed by atoms with van der Waals surface area (Å²) in [4.78, 5) is 14.0. The molecule has 6 rings (SSSR count). The van der Waals surface area contributed by atoms with Gasteiger partial charge in [-0.2, -0.15) is 0 Å². The number of rotatable bonds is 8. The summed E-state index contributed by atoms with van der Waals surface area (Å²) in [5, 5.41) is 0. The number of hydrogen-bond acceptors (Lipinski definition) is 7. The maximum absolute atomic E-state index is 15.5. The predicted molar refractivity (Wildman–Crippen MR) is 149 cm³/mol. The summed E-state index contributed by atoms with van der Waals surface area (Å²) in [6.45, 7) is 3.75. The molecule has 2 fully saturated rings. The molecule has 4 unspecified atom stereocenters. The van der Waals surface area contributed by atoms with Gasteiger partial charge in [0.1, 0.15) is 34.9 Å². The molecule has 0 aliphatic carbocycles. The van der Waals surface area contributed by atoms with E-state index in [9.17, 15) is 4.79 Å². The number of fused-ring (bicyclic) bond motifs is 1. The first kappa shape index (κ1) is 27.5. The molecule has 0 bridgehead atoms. The van der Waals surface area contributed by atoms with Gasteiger partial charge < -0.3 is 28.4 Å². The van der Waals surface area contributed by atoms with Crippen molar-refractivity contribution in [3.8, 4) is 23.0 Å². The van der Waals surface area contributed by atoms with E-state index in [2.05, 4.69) is 0 Å². The fraction of sp³-hybridized carbons (Fsp3) is 0.424. The highest BCUT2D eigenvalue weighted by molar-refractivity contribution is 6.05. The SMILES string of the molecule is CCOc1ccc(C2Oc3cc(OC4CCCCO4)cc(F)c3C(=O)C2c2ccc(OC3CCCCO3)cc2)cc1. The average molecular weight is 563 g/mol. The lowest BCUT2D eigenvalue weighted by molar-refractivity contribution is -0.106. The number of carbonyl (C=O) groups excluding carboxylic acids is 1. The van der Waals surface area contributed by atoms with Gasteiger partial charge in [0.15, 0.2) is 18.4 Å². The van der Waals surface area contributed by atoms with Crippen molar-refractivity contribution in [2.75, 3.05) is 19.8 Å². The van der Waals surface area contributed by atoms with Crippen molar-refractivity contribution in [3.63, 3.8) is 0 Å². The molecule has 8 heteroatoms. The molecule has 3 aliphatic heterocycles. The largest absolute Gasteiger partial charge is 0.494 e. The Morgan fingerprint density at radius 1 is 0.780 bits per heavy atom. The second-order valence-electron chi connectivity index (χ2n) is 10.6. The minimum absolute atomic E-state index is 0.0787. The Morgan fingerprint density at radius 2 is 1.39 bits per heavy atom. The summed E-state index contributed by atoms with van der Waals surface area (Å²) < 4.78 is 50.8. The van der Waals surface area contributed by atoms with Crippen LogP contribution in [0.2, 0.25) is 0 Å². The maximum Gasteiger partial charge on any atom is 0.199 e. The van der Waals surface area contributed by atoms with Gasteiger partial charge in [0, 0.05) is 25.0 Å². The molecule has 0 amide bonds. The summed E-state index contributed by atoms with van der Waals surface area (Å²) in [7, 11) is 0. The van der Waals surface area contributed by atoms with Crippen molar-refractivity contribution in [1.29, 1.82) is 0 Å². The fourth-order valence-electron chi connectivity index (χ4n) is 5.63. The van der Waals surface area contributed by atoms with Crippen molar-refractivity contribution < 1.29 is 37.6 Å². The second kappa shape index (κ2) is 12.5. The normalized spacial score (nSPS) is 24.2. The number of benzene rings is 3. The van der Waals surface area contributed by atoms with Crippen molar-refractivity contribution >= 4 is 5.78 Å². The van der Waals surface area contributed by atoms with Crippen LogP contribution in [0.1, 0.15) is 79.0 Å². The molecule has 3 aromatic rings. The van der Waals surface area contributed by atoms with E-state index in [1.54, 1.807) is 6.07 Å². The van der Waals surface area contributed by atoms with E-state index in [1.165, 1.54) is 6.07 Å². The molecular weight excluding hydrogens is 527 g/mol. The average Bonchev–Trinajstić information content (AvgIpc) is 2.99. The zero-order valence-electron chi connectivity index (χ0n) is 23.2. The zero-order chi connectivity index (χ0) is 28.2. The lowest BCUT2D eigenvalue weighted by Crippen LogP contribution is -2.31. The third kappa shape index (κ3) is 6.19. The molecule has 0 spiro atoms. The Bertz CT molecular complexity index is 1330. The van der Waals surface area contributed by atoms with E-state index in [-0.39, 0.29) is 29.1 Å². The summed E-state index contributed by atoms with van der Waals surface area (Å²) in [5.41, 5.74) is 1.40. The van der Waals surface area contributed by atoms with Crippen LogP contribution in [0.3, 0.4) is 0 Å². The van der Waals surface area contributed by atoms with E-state index in [0.717, 1.165) is 49.8 Å². The molecule has 0 aromatic heterocycles. The van der Waals surface area contributed by atoms with Crippen molar-refractivity contribution in [2.24, 2.45) is 0 Å². The molecule has 3 aliphatic rings. The first-order valence-electron chi connectivity index (χ1n) is 14.5. The van der Waals surface area contributed by atoms with Gasteiger partial charge in [-0.05, 0) is 68.0 Å². The standard InChI is InChI=1S/C33H35FO7/c1-2-36-23-13-11-22(12-14-23)33-30(21-9-15-24(16-10-21)39-28-7-3-5-17-37-28)32(35)31-26(34)19-25(20-27(31)41-33)40-29-8-4-6-18-38-29/h9-16,19-20,28-30,33H,2-8,17-18H2,1H3. The van der Waals surface area contributed by atoms with Gasteiger partial charge in [-0.1, -0.05) is 24.3 Å². The topological polar surface area (TPSA) is 72.5 Å².